The molecule has 0 aliphatic heterocycles. The van der Waals surface area contributed by atoms with E-state index in [1.807, 2.05) is 0 Å². The molecule has 1 aromatic heterocycles. The van der Waals surface area contributed by atoms with Crippen molar-refractivity contribution in [3.8, 4) is 0 Å². The van der Waals surface area contributed by atoms with E-state index in [1.165, 1.54) is 0 Å². The summed E-state index contributed by atoms with van der Waals surface area (Å²) in [7, 11) is 0.928. The average molecular weight is 248 g/mol. The van der Waals surface area contributed by atoms with Crippen molar-refractivity contribution in [3.05, 3.63) is 37.8 Å². The quantitative estimate of drug-likeness (QED) is 0.488. The zero-order valence-electron chi connectivity index (χ0n) is 8.40. The molecule has 0 aliphatic rings. The first-order chi connectivity index (χ1) is 7.88. The van der Waals surface area contributed by atoms with Gasteiger partial charge in [-0.2, -0.15) is 0 Å². The summed E-state index contributed by atoms with van der Waals surface area (Å²) in [4.78, 5) is 33.2. The van der Waals surface area contributed by atoms with Crippen LogP contribution in [-0.4, -0.2) is 23.0 Å². The molecule has 9 heteroatoms. The van der Waals surface area contributed by atoms with Crippen molar-refractivity contribution in [2.75, 3.05) is 7.11 Å². The van der Waals surface area contributed by atoms with Crippen LogP contribution in [0, 0.1) is 10.1 Å². The molecular formula is C8H6F2N2O5. The number of rotatable bonds is 3. The van der Waals surface area contributed by atoms with E-state index in [9.17, 15) is 28.5 Å². The van der Waals surface area contributed by atoms with E-state index in [2.05, 4.69) is 4.74 Å². The predicted molar refractivity (Wildman–Crippen MR) is 50.0 cm³/mol. The van der Waals surface area contributed by atoms with Crippen molar-refractivity contribution in [1.29, 1.82) is 0 Å². The predicted octanol–water partition coefficient (Wildman–Crippen LogP) is 1.01. The van der Waals surface area contributed by atoms with Crippen LogP contribution in [-0.2, 0) is 4.74 Å². The Bertz CT molecular complexity index is 525. The van der Waals surface area contributed by atoms with Gasteiger partial charge in [0.15, 0.2) is 0 Å². The van der Waals surface area contributed by atoms with E-state index in [0.29, 0.717) is 6.07 Å². The Morgan fingerprint density at radius 1 is 1.59 bits per heavy atom. The van der Waals surface area contributed by atoms with Gasteiger partial charge in [0.1, 0.15) is 5.69 Å². The van der Waals surface area contributed by atoms with Gasteiger partial charge in [-0.25, -0.2) is 13.6 Å². The van der Waals surface area contributed by atoms with E-state index in [-0.39, 0.29) is 0 Å². The summed E-state index contributed by atoms with van der Waals surface area (Å²) >= 11 is 0. The van der Waals surface area contributed by atoms with E-state index in [0.717, 1.165) is 7.11 Å². The van der Waals surface area contributed by atoms with Crippen LogP contribution < -0.4 is 5.56 Å². The third-order valence-corrected chi connectivity index (χ3v) is 1.87. The van der Waals surface area contributed by atoms with E-state index >= 15 is 0 Å². The Balaban J connectivity index is 3.52. The van der Waals surface area contributed by atoms with Crippen LogP contribution in [0.15, 0.2) is 10.9 Å². The van der Waals surface area contributed by atoms with Crippen molar-refractivity contribution in [1.82, 2.24) is 4.98 Å². The van der Waals surface area contributed by atoms with Gasteiger partial charge in [-0.1, -0.05) is 0 Å². The number of carbonyl (C=O) groups is 1. The fourth-order valence-corrected chi connectivity index (χ4v) is 1.11. The van der Waals surface area contributed by atoms with Crippen LogP contribution >= 0.6 is 0 Å². The molecule has 0 amide bonds. The molecule has 1 aromatic rings. The standard InChI is InChI=1S/C8H6F2N2O5/c1-17-8(14)5-3(6(9)10)2-4(12(15)16)7(13)11-5/h2,6H,1H3,(H,11,13). The van der Waals surface area contributed by atoms with Gasteiger partial charge >= 0.3 is 17.2 Å². The zero-order chi connectivity index (χ0) is 13.2. The van der Waals surface area contributed by atoms with E-state index in [4.69, 9.17) is 0 Å². The first-order valence-electron chi connectivity index (χ1n) is 4.16. The number of alkyl halides is 2. The Morgan fingerprint density at radius 3 is 2.59 bits per heavy atom. The highest BCUT2D eigenvalue weighted by molar-refractivity contribution is 5.89. The molecule has 0 fully saturated rings. The molecule has 0 saturated heterocycles. The van der Waals surface area contributed by atoms with Crippen molar-refractivity contribution >= 4 is 11.7 Å². The Kier molecular flexibility index (Phi) is 3.51. The Morgan fingerprint density at radius 2 is 2.18 bits per heavy atom. The number of nitrogens with one attached hydrogen (secondary N) is 1. The van der Waals surface area contributed by atoms with Crippen LogP contribution in [0.4, 0.5) is 14.5 Å². The molecule has 0 radical (unpaired) electrons. The normalized spacial score (nSPS) is 10.4. The van der Waals surface area contributed by atoms with Gasteiger partial charge in [-0.3, -0.25) is 14.9 Å². The molecule has 1 N–H and O–H groups in total. The van der Waals surface area contributed by atoms with Crippen LogP contribution in [0.25, 0.3) is 0 Å². The molecule has 0 bridgehead atoms. The summed E-state index contributed by atoms with van der Waals surface area (Å²) in [5.74, 6) is -1.20. The van der Waals surface area contributed by atoms with Gasteiger partial charge in [-0.15, -0.1) is 0 Å². The largest absolute Gasteiger partial charge is 0.464 e. The van der Waals surface area contributed by atoms with Gasteiger partial charge in [0.2, 0.25) is 0 Å². The highest BCUT2D eigenvalue weighted by Crippen LogP contribution is 2.23. The first-order valence-corrected chi connectivity index (χ1v) is 4.16. The number of hydrogen-bond acceptors (Lipinski definition) is 5. The molecule has 0 spiro atoms. The van der Waals surface area contributed by atoms with Crippen LogP contribution in [0.1, 0.15) is 22.5 Å². The zero-order valence-corrected chi connectivity index (χ0v) is 8.40. The third kappa shape index (κ3) is 2.44. The van der Waals surface area contributed by atoms with Crippen molar-refractivity contribution < 1.29 is 23.2 Å². The lowest BCUT2D eigenvalue weighted by Gasteiger charge is -2.05. The fourth-order valence-electron chi connectivity index (χ4n) is 1.11. The second-order valence-electron chi connectivity index (χ2n) is 2.86. The summed E-state index contributed by atoms with van der Waals surface area (Å²) < 4.78 is 29.3. The minimum atomic E-state index is -3.15. The monoisotopic (exact) mass is 248 g/mol. The summed E-state index contributed by atoms with van der Waals surface area (Å²) in [5, 5.41) is 10.4. The second kappa shape index (κ2) is 4.68. The lowest BCUT2D eigenvalue weighted by molar-refractivity contribution is -0.386. The SMILES string of the molecule is COC(=O)c1[nH]c(=O)c([N+](=O)[O-])cc1C(F)F. The average Bonchev–Trinajstić information content (AvgIpc) is 2.26. The molecule has 17 heavy (non-hydrogen) atoms. The number of hydrogen-bond donors (Lipinski definition) is 1. The third-order valence-electron chi connectivity index (χ3n) is 1.87. The number of esters is 1. The van der Waals surface area contributed by atoms with Crippen LogP contribution in [0.2, 0.25) is 0 Å². The second-order valence-corrected chi connectivity index (χ2v) is 2.86. The van der Waals surface area contributed by atoms with Crippen molar-refractivity contribution in [3.63, 3.8) is 0 Å². The molecular weight excluding hydrogens is 242 g/mol. The molecule has 1 heterocycles. The number of nitrogens with zero attached hydrogens (tertiary/aromatic N) is 1. The highest BCUT2D eigenvalue weighted by atomic mass is 19.3. The van der Waals surface area contributed by atoms with Crippen molar-refractivity contribution in [2.24, 2.45) is 0 Å². The van der Waals surface area contributed by atoms with E-state index in [1.54, 1.807) is 4.98 Å². The molecule has 92 valence electrons. The molecule has 0 saturated carbocycles. The first kappa shape index (κ1) is 12.7. The number of pyridine rings is 1. The molecule has 0 unspecified atom stereocenters. The maximum Gasteiger partial charge on any atom is 0.355 e. The van der Waals surface area contributed by atoms with Gasteiger partial charge in [-0.05, 0) is 0 Å². The number of ether oxygens (including phenoxy) is 1. The smallest absolute Gasteiger partial charge is 0.355 e. The summed E-state index contributed by atoms with van der Waals surface area (Å²) in [6.07, 6.45) is -3.15. The number of H-pyrrole nitrogens is 1. The summed E-state index contributed by atoms with van der Waals surface area (Å²) in [5.41, 5.74) is -4.06. The molecule has 0 aliphatic carbocycles. The molecule has 0 aromatic carbocycles. The highest BCUT2D eigenvalue weighted by Gasteiger charge is 2.25. The maximum absolute atomic E-state index is 12.5. The topological polar surface area (TPSA) is 102 Å². The number of aromatic nitrogens is 1. The number of nitro groups is 1. The van der Waals surface area contributed by atoms with Crippen LogP contribution in [0.5, 0.6) is 0 Å². The van der Waals surface area contributed by atoms with Gasteiger partial charge in [0.25, 0.3) is 6.43 Å². The summed E-state index contributed by atoms with van der Waals surface area (Å²) in [6.45, 7) is 0. The molecule has 7 nitrogen and oxygen atoms in total. The number of methoxy groups -OCH3 is 1. The van der Waals surface area contributed by atoms with Crippen molar-refractivity contribution in [2.45, 2.75) is 6.43 Å². The Hall–Kier alpha value is -2.32. The minimum absolute atomic E-state index is 0.357. The number of aromatic amines is 1. The number of carbonyl (C=O) groups excluding carboxylic acids is 1. The van der Waals surface area contributed by atoms with Gasteiger partial charge in [0.05, 0.1) is 17.6 Å². The van der Waals surface area contributed by atoms with Crippen LogP contribution in [0.3, 0.4) is 0 Å². The Labute approximate surface area is 92.2 Å². The van der Waals surface area contributed by atoms with Gasteiger partial charge in [0, 0.05) is 6.07 Å². The minimum Gasteiger partial charge on any atom is -0.464 e. The molecule has 1 rings (SSSR count). The molecule has 0 atom stereocenters. The van der Waals surface area contributed by atoms with Gasteiger partial charge < -0.3 is 9.72 Å². The lowest BCUT2D eigenvalue weighted by atomic mass is 10.2. The summed E-state index contributed by atoms with van der Waals surface area (Å²) in [6, 6.07) is 0.357. The number of halogens is 2. The fraction of sp³-hybridized carbons (Fsp3) is 0.250. The maximum atomic E-state index is 12.5. The van der Waals surface area contributed by atoms with E-state index < -0.39 is 39.8 Å². The lowest BCUT2D eigenvalue weighted by Crippen LogP contribution is -2.19.